The molecule has 2 amide bonds. The number of aryl methyl sites for hydroxylation is 1. The average Bonchev–Trinajstić information content (AvgIpc) is 2.95. The van der Waals surface area contributed by atoms with Crippen LogP contribution in [0, 0.1) is 6.92 Å². The molecule has 198 valence electrons. The second-order valence-electron chi connectivity index (χ2n) is 9.58. The fourth-order valence-corrected chi connectivity index (χ4v) is 4.65. The molecule has 0 spiro atoms. The second-order valence-corrected chi connectivity index (χ2v) is 9.58. The molecule has 11 heteroatoms. The van der Waals surface area contributed by atoms with Crippen molar-refractivity contribution in [2.24, 2.45) is 5.73 Å². The van der Waals surface area contributed by atoms with E-state index in [0.717, 1.165) is 25.1 Å². The number of piperidine rings is 1. The fraction of sp³-hybridized carbons (Fsp3) is 0.370. The normalized spacial score (nSPS) is 17.7. The highest BCUT2D eigenvalue weighted by Crippen LogP contribution is 2.24. The van der Waals surface area contributed by atoms with Crippen molar-refractivity contribution in [2.75, 3.05) is 54.9 Å². The van der Waals surface area contributed by atoms with Gasteiger partial charge >= 0.3 is 0 Å². The molecule has 2 aliphatic heterocycles. The highest BCUT2D eigenvalue weighted by Gasteiger charge is 2.24. The number of benzene rings is 2. The second kappa shape index (κ2) is 11.4. The van der Waals surface area contributed by atoms with Gasteiger partial charge in [0.2, 0.25) is 5.95 Å². The summed E-state index contributed by atoms with van der Waals surface area (Å²) < 4.78 is 5.32. The van der Waals surface area contributed by atoms with Crippen LogP contribution in [-0.4, -0.2) is 77.3 Å². The molecular weight excluding hydrogens is 484 g/mol. The summed E-state index contributed by atoms with van der Waals surface area (Å²) >= 11 is 0. The molecule has 0 radical (unpaired) electrons. The first-order chi connectivity index (χ1) is 18.5. The lowest BCUT2D eigenvalue weighted by atomic mass is 10.1. The van der Waals surface area contributed by atoms with E-state index >= 15 is 0 Å². The number of primary amides is 1. The number of nitrogens with zero attached hydrogens (tertiary/aromatic N) is 5. The van der Waals surface area contributed by atoms with E-state index in [1.807, 2.05) is 0 Å². The molecule has 5 rings (SSSR count). The van der Waals surface area contributed by atoms with Crippen molar-refractivity contribution < 1.29 is 14.3 Å². The van der Waals surface area contributed by atoms with Gasteiger partial charge in [-0.1, -0.05) is 17.7 Å². The Bertz CT molecular complexity index is 1280. The molecule has 1 atom stereocenters. The summed E-state index contributed by atoms with van der Waals surface area (Å²) in [5.74, 6) is -0.117. The van der Waals surface area contributed by atoms with Gasteiger partial charge in [-0.05, 0) is 56.2 Å². The molecule has 1 aromatic heterocycles. The monoisotopic (exact) mass is 516 g/mol. The van der Waals surface area contributed by atoms with Gasteiger partial charge in [0.15, 0.2) is 11.5 Å². The molecule has 3 aromatic rings. The van der Waals surface area contributed by atoms with Crippen LogP contribution in [0.1, 0.15) is 39.3 Å². The van der Waals surface area contributed by atoms with Gasteiger partial charge in [0, 0.05) is 49.2 Å². The number of nitrogens with two attached hydrogens (primary N) is 1. The number of hydrogen-bond donors (Lipinski definition) is 3. The molecule has 0 aliphatic carbocycles. The molecule has 2 fully saturated rings. The molecule has 2 saturated heterocycles. The summed E-state index contributed by atoms with van der Waals surface area (Å²) in [5, 5.41) is 15.0. The van der Waals surface area contributed by atoms with Crippen LogP contribution in [0.3, 0.4) is 0 Å². The van der Waals surface area contributed by atoms with Crippen molar-refractivity contribution in [3.63, 3.8) is 0 Å². The third-order valence-corrected chi connectivity index (χ3v) is 6.73. The van der Waals surface area contributed by atoms with Crippen LogP contribution in [0.4, 0.5) is 23.1 Å². The van der Waals surface area contributed by atoms with Gasteiger partial charge in [-0.2, -0.15) is 4.98 Å². The zero-order chi connectivity index (χ0) is 26.5. The van der Waals surface area contributed by atoms with Crippen LogP contribution in [0.25, 0.3) is 0 Å². The summed E-state index contributed by atoms with van der Waals surface area (Å²) in [4.78, 5) is 33.2. The number of amides is 2. The van der Waals surface area contributed by atoms with Gasteiger partial charge in [-0.15, -0.1) is 10.2 Å². The standard InChI is InChI=1S/C27H32N8O3/c1-18-4-8-20(9-5-18)29-22-3-2-12-35(17-22)27-31-25(23(24(28)36)32-33-27)30-21-10-6-19(7-11-21)26(37)34-13-15-38-16-14-34/h4-11,22,29H,2-3,12-17H2,1H3,(H2,28,36)(H,30,31,33)/t22-/m1/s1. The number of ether oxygens (including phenoxy) is 1. The Morgan fingerprint density at radius 3 is 2.39 bits per heavy atom. The lowest BCUT2D eigenvalue weighted by Gasteiger charge is -2.33. The van der Waals surface area contributed by atoms with Crippen molar-refractivity contribution >= 4 is 35.0 Å². The largest absolute Gasteiger partial charge is 0.381 e. The summed E-state index contributed by atoms with van der Waals surface area (Å²) in [6.07, 6.45) is 1.99. The Balaban J connectivity index is 1.30. The number of nitrogens with one attached hydrogen (secondary N) is 2. The molecule has 0 bridgehead atoms. The Kier molecular flexibility index (Phi) is 7.64. The number of anilines is 4. The lowest BCUT2D eigenvalue weighted by molar-refractivity contribution is 0.0303. The molecule has 3 heterocycles. The molecule has 0 saturated carbocycles. The third-order valence-electron chi connectivity index (χ3n) is 6.73. The highest BCUT2D eigenvalue weighted by atomic mass is 16.5. The van der Waals surface area contributed by atoms with Gasteiger partial charge in [-0.3, -0.25) is 9.59 Å². The number of hydrogen-bond acceptors (Lipinski definition) is 9. The Hall–Kier alpha value is -4.25. The predicted molar refractivity (Wildman–Crippen MR) is 145 cm³/mol. The van der Waals surface area contributed by atoms with E-state index in [9.17, 15) is 9.59 Å². The van der Waals surface area contributed by atoms with Gasteiger partial charge < -0.3 is 30.9 Å². The van der Waals surface area contributed by atoms with Crippen molar-refractivity contribution in [3.05, 3.63) is 65.4 Å². The summed E-state index contributed by atoms with van der Waals surface area (Å²) in [7, 11) is 0. The van der Waals surface area contributed by atoms with E-state index in [2.05, 4.69) is 61.9 Å². The maximum atomic E-state index is 12.7. The SMILES string of the molecule is Cc1ccc(N[C@@H]2CCCN(c3nnc(C(N)=O)c(Nc4ccc(C(=O)N5CCOCC5)cc4)n3)C2)cc1. The van der Waals surface area contributed by atoms with Crippen molar-refractivity contribution in [2.45, 2.75) is 25.8 Å². The topological polar surface area (TPSA) is 139 Å². The van der Waals surface area contributed by atoms with Crippen molar-refractivity contribution in [3.8, 4) is 0 Å². The minimum absolute atomic E-state index is 0.0393. The quantitative estimate of drug-likeness (QED) is 0.432. The first kappa shape index (κ1) is 25.4. The summed E-state index contributed by atoms with van der Waals surface area (Å²) in [6.45, 7) is 5.79. The molecule has 38 heavy (non-hydrogen) atoms. The zero-order valence-corrected chi connectivity index (χ0v) is 21.4. The maximum Gasteiger partial charge on any atom is 0.273 e. The van der Waals surface area contributed by atoms with Gasteiger partial charge in [-0.25, -0.2) is 0 Å². The Morgan fingerprint density at radius 2 is 1.68 bits per heavy atom. The van der Waals surface area contributed by atoms with Crippen LogP contribution in [0.2, 0.25) is 0 Å². The molecule has 2 aliphatic rings. The van der Waals surface area contributed by atoms with Crippen molar-refractivity contribution in [1.29, 1.82) is 0 Å². The Labute approximate surface area is 221 Å². The molecule has 2 aromatic carbocycles. The van der Waals surface area contributed by atoms with E-state index in [1.165, 1.54) is 5.56 Å². The fourth-order valence-electron chi connectivity index (χ4n) is 4.65. The number of carbonyl (C=O) groups excluding carboxylic acids is 2. The number of morpholine rings is 1. The number of carbonyl (C=O) groups is 2. The number of rotatable bonds is 7. The zero-order valence-electron chi connectivity index (χ0n) is 21.4. The van der Waals surface area contributed by atoms with E-state index in [4.69, 9.17) is 10.5 Å². The van der Waals surface area contributed by atoms with Crippen molar-refractivity contribution in [1.82, 2.24) is 20.1 Å². The Morgan fingerprint density at radius 1 is 0.974 bits per heavy atom. The van der Waals surface area contributed by atoms with E-state index in [-0.39, 0.29) is 23.5 Å². The number of aromatic nitrogens is 3. The predicted octanol–water partition coefficient (Wildman–Crippen LogP) is 2.58. The highest BCUT2D eigenvalue weighted by molar-refractivity contribution is 5.97. The smallest absolute Gasteiger partial charge is 0.273 e. The van der Waals surface area contributed by atoms with Gasteiger partial charge in [0.25, 0.3) is 11.8 Å². The molecule has 0 unspecified atom stereocenters. The first-order valence-electron chi connectivity index (χ1n) is 12.8. The van der Waals surface area contributed by atoms with E-state index in [1.54, 1.807) is 29.2 Å². The van der Waals surface area contributed by atoms with E-state index < -0.39 is 5.91 Å². The summed E-state index contributed by atoms with van der Waals surface area (Å²) in [5.41, 5.74) is 9.02. The van der Waals surface area contributed by atoms with Gasteiger partial charge in [0.05, 0.1) is 13.2 Å². The molecular formula is C27H32N8O3. The van der Waals surface area contributed by atoms with Crippen LogP contribution in [0.5, 0.6) is 0 Å². The first-order valence-corrected chi connectivity index (χ1v) is 12.8. The minimum Gasteiger partial charge on any atom is -0.381 e. The van der Waals surface area contributed by atoms with Crippen LogP contribution in [-0.2, 0) is 4.74 Å². The van der Waals surface area contributed by atoms with Crippen LogP contribution >= 0.6 is 0 Å². The van der Waals surface area contributed by atoms with E-state index in [0.29, 0.717) is 50.0 Å². The average molecular weight is 517 g/mol. The third kappa shape index (κ3) is 6.00. The molecule has 11 nitrogen and oxygen atoms in total. The van der Waals surface area contributed by atoms with Crippen LogP contribution in [0.15, 0.2) is 48.5 Å². The molecule has 4 N–H and O–H groups in total. The van der Waals surface area contributed by atoms with Gasteiger partial charge in [0.1, 0.15) is 0 Å². The minimum atomic E-state index is -0.726. The summed E-state index contributed by atoms with van der Waals surface area (Å²) in [6, 6.07) is 15.6. The van der Waals surface area contributed by atoms with Crippen LogP contribution < -0.4 is 21.3 Å². The maximum absolute atomic E-state index is 12.7. The lowest BCUT2D eigenvalue weighted by Crippen LogP contribution is -2.43.